The van der Waals surface area contributed by atoms with Crippen LogP contribution in [0.2, 0.25) is 0 Å². The topological polar surface area (TPSA) is 127 Å². The number of carbonyl (C=O) groups excluding carboxylic acids is 1. The van der Waals surface area contributed by atoms with Crippen LogP contribution >= 0.6 is 0 Å². The quantitative estimate of drug-likeness (QED) is 0.638. The number of para-hydroxylation sites is 1. The number of nitrogens with two attached hydrogens (primary N) is 1. The van der Waals surface area contributed by atoms with Gasteiger partial charge in [-0.15, -0.1) is 0 Å². The fourth-order valence-corrected chi connectivity index (χ4v) is 3.68. The molecule has 1 aromatic heterocycles. The molecule has 3 N–H and O–H groups in total. The van der Waals surface area contributed by atoms with Gasteiger partial charge in [-0.05, 0) is 36.4 Å². The molecule has 0 saturated heterocycles. The van der Waals surface area contributed by atoms with Gasteiger partial charge in [0.15, 0.2) is 5.69 Å². The van der Waals surface area contributed by atoms with E-state index in [2.05, 4.69) is 4.72 Å². The Kier molecular flexibility index (Phi) is 5.06. The highest BCUT2D eigenvalue weighted by Crippen LogP contribution is 2.25. The molecule has 0 atom stereocenters. The summed E-state index contributed by atoms with van der Waals surface area (Å²) in [5.41, 5.74) is 6.86. The minimum atomic E-state index is -3.78. The van der Waals surface area contributed by atoms with Crippen molar-refractivity contribution >= 4 is 27.4 Å². The van der Waals surface area contributed by atoms with Crippen molar-refractivity contribution in [3.63, 3.8) is 0 Å². The number of nitriles is 1. The third kappa shape index (κ3) is 3.54. The third-order valence-electron chi connectivity index (χ3n) is 3.99. The van der Waals surface area contributed by atoms with Crippen LogP contribution in [0.3, 0.4) is 0 Å². The van der Waals surface area contributed by atoms with E-state index < -0.39 is 16.0 Å². The van der Waals surface area contributed by atoms with Gasteiger partial charge >= 0.3 is 5.97 Å². The molecule has 3 aromatic rings. The second-order valence-corrected chi connectivity index (χ2v) is 7.43. The molecule has 0 amide bonds. The van der Waals surface area contributed by atoms with E-state index in [1.54, 1.807) is 30.3 Å². The van der Waals surface area contributed by atoms with Crippen LogP contribution in [-0.2, 0) is 14.8 Å². The molecule has 0 aliphatic rings. The zero-order valence-electron chi connectivity index (χ0n) is 14.8. The average molecular weight is 396 g/mol. The number of sulfonamides is 1. The normalized spacial score (nSPS) is 10.9. The number of benzene rings is 2. The van der Waals surface area contributed by atoms with Crippen LogP contribution in [0.4, 0.5) is 11.4 Å². The van der Waals surface area contributed by atoms with Crippen LogP contribution in [0.15, 0.2) is 65.7 Å². The summed E-state index contributed by atoms with van der Waals surface area (Å²) >= 11 is 0. The molecule has 3 rings (SSSR count). The predicted octanol–water partition coefficient (Wildman–Crippen LogP) is 2.52. The lowest BCUT2D eigenvalue weighted by Crippen LogP contribution is -2.13. The number of nitrogen functional groups attached to an aromatic ring is 1. The van der Waals surface area contributed by atoms with Crippen molar-refractivity contribution in [2.24, 2.45) is 0 Å². The Morgan fingerprint density at radius 2 is 1.79 bits per heavy atom. The van der Waals surface area contributed by atoms with Crippen LogP contribution in [0.25, 0.3) is 5.69 Å². The Balaban J connectivity index is 1.98. The zero-order chi connectivity index (χ0) is 20.3. The Hall–Kier alpha value is -3.77. The molecular weight excluding hydrogens is 380 g/mol. The van der Waals surface area contributed by atoms with Crippen LogP contribution in [0, 0.1) is 11.3 Å². The molecule has 2 aromatic carbocycles. The molecule has 0 aliphatic heterocycles. The molecule has 1 heterocycles. The number of esters is 1. The molecular formula is C19H16N4O4S. The second-order valence-electron chi connectivity index (χ2n) is 5.74. The molecule has 0 bridgehead atoms. The fourth-order valence-electron chi connectivity index (χ4n) is 2.62. The Bertz CT molecular complexity index is 1160. The highest BCUT2D eigenvalue weighted by Gasteiger charge is 2.22. The molecule has 8 nitrogen and oxygen atoms in total. The number of nitrogens with one attached hydrogen (secondary N) is 1. The van der Waals surface area contributed by atoms with Crippen LogP contribution in [0.1, 0.15) is 16.1 Å². The monoisotopic (exact) mass is 396 g/mol. The van der Waals surface area contributed by atoms with Gasteiger partial charge in [-0.1, -0.05) is 18.2 Å². The third-order valence-corrected chi connectivity index (χ3v) is 5.39. The standard InChI is InChI=1S/C19H16N4O4S/c1-27-19(24)18-17(21)13(11-20)12-23(18)15-7-9-16(10-8-15)28(25,26)22-14-5-3-2-4-6-14/h2-10,12,22H,21H2,1H3. The predicted molar refractivity (Wildman–Crippen MR) is 103 cm³/mol. The maximum Gasteiger partial charge on any atom is 0.357 e. The number of aromatic nitrogens is 1. The van der Waals surface area contributed by atoms with Gasteiger partial charge in [0.05, 0.1) is 23.3 Å². The van der Waals surface area contributed by atoms with Gasteiger partial charge in [-0.25, -0.2) is 13.2 Å². The molecule has 0 unspecified atom stereocenters. The molecule has 142 valence electrons. The van der Waals surface area contributed by atoms with Crippen molar-refractivity contribution in [3.8, 4) is 11.8 Å². The first-order valence-electron chi connectivity index (χ1n) is 8.05. The first kappa shape index (κ1) is 19.0. The van der Waals surface area contributed by atoms with Crippen LogP contribution < -0.4 is 10.5 Å². The lowest BCUT2D eigenvalue weighted by molar-refractivity contribution is 0.0593. The number of anilines is 2. The Morgan fingerprint density at radius 3 is 2.36 bits per heavy atom. The van der Waals surface area contributed by atoms with Crippen LogP contribution in [-0.4, -0.2) is 26.1 Å². The summed E-state index contributed by atoms with van der Waals surface area (Å²) < 4.78 is 33.6. The molecule has 28 heavy (non-hydrogen) atoms. The summed E-state index contributed by atoms with van der Waals surface area (Å²) in [4.78, 5) is 12.1. The molecule has 0 radical (unpaired) electrons. The van der Waals surface area contributed by atoms with Gasteiger partial charge in [0.25, 0.3) is 10.0 Å². The summed E-state index contributed by atoms with van der Waals surface area (Å²) in [7, 11) is -2.57. The Labute approximate surface area is 161 Å². The zero-order valence-corrected chi connectivity index (χ0v) is 15.6. The van der Waals surface area contributed by atoms with Gasteiger partial charge < -0.3 is 15.0 Å². The molecule has 0 aliphatic carbocycles. The lowest BCUT2D eigenvalue weighted by Gasteiger charge is -2.11. The van der Waals surface area contributed by atoms with Crippen molar-refractivity contribution in [3.05, 3.63) is 72.1 Å². The van der Waals surface area contributed by atoms with Gasteiger partial charge in [-0.3, -0.25) is 4.72 Å². The molecule has 0 saturated carbocycles. The van der Waals surface area contributed by atoms with Gasteiger partial charge in [0, 0.05) is 17.6 Å². The number of rotatable bonds is 5. The smallest absolute Gasteiger partial charge is 0.357 e. The summed E-state index contributed by atoms with van der Waals surface area (Å²) in [6, 6.07) is 16.2. The van der Waals surface area contributed by atoms with Crippen molar-refractivity contribution in [2.45, 2.75) is 4.90 Å². The van der Waals surface area contributed by atoms with Gasteiger partial charge in [-0.2, -0.15) is 5.26 Å². The molecule has 0 spiro atoms. The highest BCUT2D eigenvalue weighted by molar-refractivity contribution is 7.92. The number of nitrogens with zero attached hydrogens (tertiary/aromatic N) is 2. The minimum Gasteiger partial charge on any atom is -0.464 e. The van der Waals surface area contributed by atoms with E-state index in [-0.39, 0.29) is 21.8 Å². The average Bonchev–Trinajstić information content (AvgIpc) is 3.04. The summed E-state index contributed by atoms with van der Waals surface area (Å²) in [5, 5.41) is 9.17. The second kappa shape index (κ2) is 7.46. The first-order valence-corrected chi connectivity index (χ1v) is 9.53. The number of hydrogen-bond acceptors (Lipinski definition) is 6. The van der Waals surface area contributed by atoms with E-state index in [1.807, 2.05) is 6.07 Å². The minimum absolute atomic E-state index is 0.00272. The Morgan fingerprint density at radius 1 is 1.14 bits per heavy atom. The van der Waals surface area contributed by atoms with Crippen LogP contribution in [0.5, 0.6) is 0 Å². The van der Waals surface area contributed by atoms with E-state index in [0.717, 1.165) is 0 Å². The lowest BCUT2D eigenvalue weighted by atomic mass is 10.2. The fraction of sp³-hybridized carbons (Fsp3) is 0.0526. The maximum atomic E-state index is 12.5. The number of hydrogen-bond donors (Lipinski definition) is 2. The number of methoxy groups -OCH3 is 1. The van der Waals surface area contributed by atoms with Crippen molar-refractivity contribution in [2.75, 3.05) is 17.6 Å². The first-order chi connectivity index (χ1) is 13.4. The van der Waals surface area contributed by atoms with E-state index in [9.17, 15) is 13.2 Å². The number of carbonyl (C=O) groups is 1. The molecule has 0 fully saturated rings. The van der Waals surface area contributed by atoms with E-state index in [0.29, 0.717) is 11.4 Å². The number of ether oxygens (including phenoxy) is 1. The van der Waals surface area contributed by atoms with E-state index in [1.165, 1.54) is 42.1 Å². The highest BCUT2D eigenvalue weighted by atomic mass is 32.2. The largest absolute Gasteiger partial charge is 0.464 e. The van der Waals surface area contributed by atoms with E-state index >= 15 is 0 Å². The summed E-state index contributed by atoms with van der Waals surface area (Å²) in [6.07, 6.45) is 1.40. The van der Waals surface area contributed by atoms with E-state index in [4.69, 9.17) is 15.7 Å². The van der Waals surface area contributed by atoms with Gasteiger partial charge in [0.1, 0.15) is 6.07 Å². The SMILES string of the molecule is COC(=O)c1c(N)c(C#N)cn1-c1ccc(S(=O)(=O)Nc2ccccc2)cc1. The molecule has 9 heteroatoms. The summed E-state index contributed by atoms with van der Waals surface area (Å²) in [6.45, 7) is 0. The van der Waals surface area contributed by atoms with Crippen molar-refractivity contribution in [1.82, 2.24) is 4.57 Å². The van der Waals surface area contributed by atoms with Gasteiger partial charge in [0.2, 0.25) is 0 Å². The summed E-state index contributed by atoms with van der Waals surface area (Å²) in [5.74, 6) is -0.707. The van der Waals surface area contributed by atoms with Crippen molar-refractivity contribution < 1.29 is 17.9 Å². The van der Waals surface area contributed by atoms with Crippen molar-refractivity contribution in [1.29, 1.82) is 5.26 Å². The maximum absolute atomic E-state index is 12.5.